The Hall–Kier alpha value is -7.08. The Morgan fingerprint density at radius 2 is 1.59 bits per heavy atom. The van der Waals surface area contributed by atoms with Gasteiger partial charge in [-0.15, -0.1) is 10.2 Å². The first kappa shape index (κ1) is 41.6. The lowest BCUT2D eigenvalue weighted by Gasteiger charge is -2.26. The average Bonchev–Trinajstić information content (AvgIpc) is 3.24. The van der Waals surface area contributed by atoms with Gasteiger partial charge in [-0.05, 0) is 78.9 Å². The molecule has 0 spiro atoms. The SMILES string of the molecule is Cc1c(COc2cc(OCc3cccc(C#N)c3)c(CNC(C)(C)C(=O)NCCNC(=O)c3ccc(-c4c[nH]c(=O)[nH]c4=O)nn3)cc2Cl)cccc1-c1ccccc1. The molecule has 0 saturated carbocycles. The van der Waals surface area contributed by atoms with Crippen LogP contribution < -0.4 is 36.7 Å². The largest absolute Gasteiger partial charge is 0.488 e. The normalized spacial score (nSPS) is 11.0. The maximum Gasteiger partial charge on any atom is 0.325 e. The molecule has 300 valence electrons. The van der Waals surface area contributed by atoms with E-state index in [2.05, 4.69) is 67.3 Å². The number of hydrogen-bond acceptors (Lipinski definition) is 10. The quantitative estimate of drug-likeness (QED) is 0.0767. The minimum Gasteiger partial charge on any atom is -0.488 e. The molecular formula is C44H41ClN8O6. The number of hydrogen-bond donors (Lipinski definition) is 5. The zero-order chi connectivity index (χ0) is 41.9. The minimum absolute atomic E-state index is 0.00109. The van der Waals surface area contributed by atoms with Gasteiger partial charge in [0.05, 0.1) is 33.5 Å². The summed E-state index contributed by atoms with van der Waals surface area (Å²) in [5, 5.41) is 26.3. The molecule has 14 nitrogen and oxygen atoms in total. The van der Waals surface area contributed by atoms with E-state index in [1.165, 1.54) is 18.3 Å². The van der Waals surface area contributed by atoms with Crippen LogP contribution in [0.1, 0.15) is 52.2 Å². The number of halogens is 1. The van der Waals surface area contributed by atoms with Crippen molar-refractivity contribution in [2.75, 3.05) is 13.1 Å². The predicted molar refractivity (Wildman–Crippen MR) is 223 cm³/mol. The summed E-state index contributed by atoms with van der Waals surface area (Å²) in [6.07, 6.45) is 1.21. The number of benzene rings is 4. The van der Waals surface area contributed by atoms with Crippen LogP contribution in [0.2, 0.25) is 5.02 Å². The highest BCUT2D eigenvalue weighted by Crippen LogP contribution is 2.35. The Balaban J connectivity index is 1.08. The summed E-state index contributed by atoms with van der Waals surface area (Å²) in [5.74, 6) is 0.0512. The van der Waals surface area contributed by atoms with E-state index in [1.807, 2.05) is 36.4 Å². The van der Waals surface area contributed by atoms with E-state index >= 15 is 0 Å². The number of aromatic nitrogens is 4. The minimum atomic E-state index is -1.06. The first-order valence-corrected chi connectivity index (χ1v) is 19.0. The number of carbonyl (C=O) groups excluding carboxylic acids is 2. The molecule has 2 heterocycles. The van der Waals surface area contributed by atoms with Crippen molar-refractivity contribution in [1.82, 2.24) is 36.1 Å². The van der Waals surface area contributed by atoms with Gasteiger partial charge in [0.1, 0.15) is 24.7 Å². The number of carbonyl (C=O) groups is 2. The van der Waals surface area contributed by atoms with Gasteiger partial charge in [0, 0.05) is 37.5 Å². The lowest BCUT2D eigenvalue weighted by molar-refractivity contribution is -0.126. The van der Waals surface area contributed by atoms with Crippen molar-refractivity contribution in [3.05, 3.63) is 163 Å². The van der Waals surface area contributed by atoms with E-state index in [1.54, 1.807) is 44.2 Å². The Bertz CT molecular complexity index is 2620. The number of H-pyrrole nitrogens is 2. The van der Waals surface area contributed by atoms with Gasteiger partial charge < -0.3 is 25.1 Å². The highest BCUT2D eigenvalue weighted by molar-refractivity contribution is 6.32. The van der Waals surface area contributed by atoms with Crippen LogP contribution in [-0.4, -0.2) is 50.6 Å². The molecule has 0 atom stereocenters. The smallest absolute Gasteiger partial charge is 0.325 e. The molecule has 0 aliphatic rings. The van der Waals surface area contributed by atoms with Crippen LogP contribution in [0.5, 0.6) is 11.5 Å². The predicted octanol–water partition coefficient (Wildman–Crippen LogP) is 5.59. The summed E-state index contributed by atoms with van der Waals surface area (Å²) < 4.78 is 12.6. The molecule has 2 amide bonds. The van der Waals surface area contributed by atoms with E-state index in [4.69, 9.17) is 21.1 Å². The monoisotopic (exact) mass is 812 g/mol. The van der Waals surface area contributed by atoms with Crippen LogP contribution >= 0.6 is 11.6 Å². The zero-order valence-electron chi connectivity index (χ0n) is 32.5. The molecule has 0 bridgehead atoms. The molecular weight excluding hydrogens is 772 g/mol. The Morgan fingerprint density at radius 1 is 0.831 bits per heavy atom. The molecule has 5 N–H and O–H groups in total. The van der Waals surface area contributed by atoms with Crippen molar-refractivity contribution < 1.29 is 19.1 Å². The number of nitrogens with zero attached hydrogens (tertiary/aromatic N) is 3. The molecule has 0 aliphatic carbocycles. The summed E-state index contributed by atoms with van der Waals surface area (Å²) in [4.78, 5) is 53.7. The number of nitriles is 1. The maximum atomic E-state index is 13.3. The van der Waals surface area contributed by atoms with Crippen LogP contribution in [0.4, 0.5) is 0 Å². The van der Waals surface area contributed by atoms with E-state index in [9.17, 15) is 24.4 Å². The number of amides is 2. The number of nitrogens with one attached hydrogen (secondary N) is 5. The second kappa shape index (κ2) is 18.9. The molecule has 4 aromatic carbocycles. The van der Waals surface area contributed by atoms with Crippen LogP contribution in [-0.2, 0) is 24.6 Å². The summed E-state index contributed by atoms with van der Waals surface area (Å²) >= 11 is 6.81. The number of rotatable bonds is 16. The summed E-state index contributed by atoms with van der Waals surface area (Å²) in [6, 6.07) is 31.8. The van der Waals surface area contributed by atoms with Crippen LogP contribution in [0.25, 0.3) is 22.4 Å². The summed E-state index contributed by atoms with van der Waals surface area (Å²) in [7, 11) is 0. The fourth-order valence-electron chi connectivity index (χ4n) is 6.03. The van der Waals surface area contributed by atoms with Crippen LogP contribution in [0.3, 0.4) is 0 Å². The molecule has 0 aliphatic heterocycles. The van der Waals surface area contributed by atoms with Crippen LogP contribution in [0.15, 0.2) is 113 Å². The molecule has 6 rings (SSSR count). The van der Waals surface area contributed by atoms with Gasteiger partial charge in [0.15, 0.2) is 5.69 Å². The summed E-state index contributed by atoms with van der Waals surface area (Å²) in [5.41, 5.74) is 4.21. The van der Waals surface area contributed by atoms with Crippen molar-refractivity contribution in [2.45, 2.75) is 46.1 Å². The number of aromatic amines is 2. The second-order valence-corrected chi connectivity index (χ2v) is 14.4. The van der Waals surface area contributed by atoms with Gasteiger partial charge in [0.25, 0.3) is 11.5 Å². The molecule has 6 aromatic rings. The Morgan fingerprint density at radius 3 is 2.34 bits per heavy atom. The Kier molecular flexibility index (Phi) is 13.3. The third-order valence-electron chi connectivity index (χ3n) is 9.46. The molecule has 0 radical (unpaired) electrons. The third-order valence-corrected chi connectivity index (χ3v) is 9.75. The highest BCUT2D eigenvalue weighted by Gasteiger charge is 2.27. The van der Waals surface area contributed by atoms with Gasteiger partial charge in [-0.1, -0.05) is 72.3 Å². The fourth-order valence-corrected chi connectivity index (χ4v) is 6.27. The fraction of sp³-hybridized carbons (Fsp3) is 0.205. The van der Waals surface area contributed by atoms with Crippen molar-refractivity contribution in [1.29, 1.82) is 5.26 Å². The molecule has 0 unspecified atom stereocenters. The lowest BCUT2D eigenvalue weighted by atomic mass is 9.97. The standard InChI is InChI=1S/C44H41ClN8O6/c1-27-31(13-8-14-33(27)30-11-5-4-6-12-30)26-59-39-21-38(58-25-29-10-7-9-28(19-29)22-46)32(20-35(39)45)23-50-44(2,3)42(56)48-18-17-47-41(55)37-16-15-36(52-53-37)34-24-49-43(57)51-40(34)54/h4-16,19-21,24,50H,17-18,23,25-26H2,1-3H3,(H,47,55)(H,48,56)(H2,49,51,54,57). The third kappa shape index (κ3) is 10.7. The molecule has 59 heavy (non-hydrogen) atoms. The van der Waals surface area contributed by atoms with Gasteiger partial charge >= 0.3 is 5.69 Å². The maximum absolute atomic E-state index is 13.3. The van der Waals surface area contributed by atoms with E-state index in [-0.39, 0.29) is 55.7 Å². The zero-order valence-corrected chi connectivity index (χ0v) is 33.3. The van der Waals surface area contributed by atoms with E-state index < -0.39 is 22.7 Å². The van der Waals surface area contributed by atoms with Crippen molar-refractivity contribution in [2.24, 2.45) is 0 Å². The molecule has 15 heteroatoms. The molecule has 0 saturated heterocycles. The van der Waals surface area contributed by atoms with Gasteiger partial charge in [-0.2, -0.15) is 5.26 Å². The average molecular weight is 813 g/mol. The Labute approximate surface area is 344 Å². The summed E-state index contributed by atoms with van der Waals surface area (Å²) in [6.45, 7) is 6.37. The topological polar surface area (TPSA) is 204 Å². The second-order valence-electron chi connectivity index (χ2n) is 14.0. The lowest BCUT2D eigenvalue weighted by Crippen LogP contribution is -2.53. The molecule has 0 fully saturated rings. The molecule has 2 aromatic heterocycles. The van der Waals surface area contributed by atoms with Crippen molar-refractivity contribution >= 4 is 23.4 Å². The van der Waals surface area contributed by atoms with Crippen molar-refractivity contribution in [3.8, 4) is 40.0 Å². The van der Waals surface area contributed by atoms with Gasteiger partial charge in [-0.3, -0.25) is 24.7 Å². The van der Waals surface area contributed by atoms with Gasteiger partial charge in [0.2, 0.25) is 5.91 Å². The van der Waals surface area contributed by atoms with Crippen molar-refractivity contribution in [3.63, 3.8) is 0 Å². The first-order chi connectivity index (χ1) is 28.4. The van der Waals surface area contributed by atoms with Crippen LogP contribution in [0, 0.1) is 18.3 Å². The highest BCUT2D eigenvalue weighted by atomic mass is 35.5. The first-order valence-electron chi connectivity index (χ1n) is 18.6. The number of ether oxygens (including phenoxy) is 2. The van der Waals surface area contributed by atoms with E-state index in [0.717, 1.165) is 27.8 Å². The van der Waals surface area contributed by atoms with Gasteiger partial charge in [-0.25, -0.2) is 4.79 Å². The van der Waals surface area contributed by atoms with E-state index in [0.29, 0.717) is 27.6 Å².